The Bertz CT molecular complexity index is 88.9. The predicted octanol–water partition coefficient (Wildman–Crippen LogP) is 0.139. The molecule has 10 heavy (non-hydrogen) atoms. The molecule has 0 bridgehead atoms. The van der Waals surface area contributed by atoms with E-state index in [0.717, 1.165) is 19.6 Å². The molecule has 1 fully saturated rings. The van der Waals surface area contributed by atoms with Gasteiger partial charge in [0.1, 0.15) is 6.10 Å². The Balaban J connectivity index is 1.93. The molecule has 1 unspecified atom stereocenters. The summed E-state index contributed by atoms with van der Waals surface area (Å²) in [6.07, 6.45) is 1.30. The van der Waals surface area contributed by atoms with Crippen molar-refractivity contribution in [1.29, 1.82) is 0 Å². The van der Waals surface area contributed by atoms with Gasteiger partial charge in [-0.15, -0.1) is 0 Å². The highest BCUT2D eigenvalue weighted by atomic mass is 16.6. The third-order valence-electron chi connectivity index (χ3n) is 1.68. The molecule has 3 heteroatoms. The lowest BCUT2D eigenvalue weighted by Crippen LogP contribution is -2.39. The molecule has 1 rings (SSSR count). The topological polar surface area (TPSA) is 44.5 Å². The normalized spacial score (nSPS) is 22.2. The molecule has 1 atom stereocenters. The van der Waals surface area contributed by atoms with Crippen molar-refractivity contribution < 1.29 is 9.47 Å². The van der Waals surface area contributed by atoms with Crippen LogP contribution in [0.5, 0.6) is 0 Å². The molecular formula is C7H15NO2. The second-order valence-corrected chi connectivity index (χ2v) is 2.66. The second kappa shape index (κ2) is 3.91. The molecule has 0 saturated carbocycles. The Morgan fingerprint density at radius 2 is 2.40 bits per heavy atom. The van der Waals surface area contributed by atoms with Crippen molar-refractivity contribution in [2.45, 2.75) is 25.5 Å². The Labute approximate surface area is 61.5 Å². The van der Waals surface area contributed by atoms with Gasteiger partial charge in [0, 0.05) is 6.04 Å². The van der Waals surface area contributed by atoms with Crippen molar-refractivity contribution in [2.75, 3.05) is 19.8 Å². The zero-order valence-corrected chi connectivity index (χ0v) is 6.38. The highest BCUT2D eigenvalue weighted by Crippen LogP contribution is 2.05. The van der Waals surface area contributed by atoms with Crippen LogP contribution in [-0.2, 0) is 9.47 Å². The van der Waals surface area contributed by atoms with Crippen LogP contribution in [0, 0.1) is 0 Å². The lowest BCUT2D eigenvalue weighted by atomic mass is 10.2. The first-order chi connectivity index (χ1) is 4.83. The number of hydrogen-bond donors (Lipinski definition) is 1. The van der Waals surface area contributed by atoms with Gasteiger partial charge in [0.25, 0.3) is 0 Å². The molecular weight excluding hydrogens is 130 g/mol. The van der Waals surface area contributed by atoms with Gasteiger partial charge in [-0.1, -0.05) is 6.92 Å². The summed E-state index contributed by atoms with van der Waals surface area (Å²) in [4.78, 5) is 0. The van der Waals surface area contributed by atoms with Crippen LogP contribution in [-0.4, -0.2) is 32.0 Å². The van der Waals surface area contributed by atoms with Crippen molar-refractivity contribution in [1.82, 2.24) is 0 Å². The lowest BCUT2D eigenvalue weighted by Gasteiger charge is -2.27. The summed E-state index contributed by atoms with van der Waals surface area (Å²) in [6.45, 7) is 4.22. The molecule has 1 aliphatic heterocycles. The van der Waals surface area contributed by atoms with Crippen LogP contribution >= 0.6 is 0 Å². The molecule has 0 radical (unpaired) electrons. The van der Waals surface area contributed by atoms with Gasteiger partial charge in [-0.3, -0.25) is 0 Å². The average molecular weight is 145 g/mol. The number of nitrogens with two attached hydrogens (primary N) is 1. The standard InChI is InChI=1S/C7H15NO2/c1-2-6(8)3-10-7-4-9-5-7/h6-7H,2-5,8H2,1H3. The van der Waals surface area contributed by atoms with Crippen LogP contribution in [0.3, 0.4) is 0 Å². The average Bonchev–Trinajstić information content (AvgIpc) is 1.84. The molecule has 0 amide bonds. The molecule has 1 aliphatic rings. The summed E-state index contributed by atoms with van der Waals surface area (Å²) in [5.74, 6) is 0. The summed E-state index contributed by atoms with van der Waals surface area (Å²) in [5.41, 5.74) is 5.63. The zero-order chi connectivity index (χ0) is 7.40. The molecule has 2 N–H and O–H groups in total. The van der Waals surface area contributed by atoms with E-state index in [2.05, 4.69) is 6.92 Å². The van der Waals surface area contributed by atoms with Crippen LogP contribution in [0.1, 0.15) is 13.3 Å². The summed E-state index contributed by atoms with van der Waals surface area (Å²) >= 11 is 0. The van der Waals surface area contributed by atoms with E-state index < -0.39 is 0 Å². The summed E-state index contributed by atoms with van der Waals surface area (Å²) < 4.78 is 10.3. The van der Waals surface area contributed by atoms with E-state index in [1.54, 1.807) is 0 Å². The maximum atomic E-state index is 5.63. The monoisotopic (exact) mass is 145 g/mol. The quantitative estimate of drug-likeness (QED) is 0.612. The van der Waals surface area contributed by atoms with Crippen LogP contribution in [0.4, 0.5) is 0 Å². The minimum absolute atomic E-state index is 0.195. The highest BCUT2D eigenvalue weighted by Gasteiger charge is 2.19. The van der Waals surface area contributed by atoms with E-state index in [4.69, 9.17) is 15.2 Å². The largest absolute Gasteiger partial charge is 0.376 e. The smallest absolute Gasteiger partial charge is 0.104 e. The van der Waals surface area contributed by atoms with Gasteiger partial charge in [-0.2, -0.15) is 0 Å². The van der Waals surface area contributed by atoms with Gasteiger partial charge < -0.3 is 15.2 Å². The Morgan fingerprint density at radius 1 is 1.70 bits per heavy atom. The van der Waals surface area contributed by atoms with Crippen LogP contribution in [0.2, 0.25) is 0 Å². The van der Waals surface area contributed by atoms with Gasteiger partial charge >= 0.3 is 0 Å². The van der Waals surface area contributed by atoms with Gasteiger partial charge in [0.05, 0.1) is 19.8 Å². The van der Waals surface area contributed by atoms with Crippen LogP contribution < -0.4 is 5.73 Å². The zero-order valence-electron chi connectivity index (χ0n) is 6.38. The van der Waals surface area contributed by atoms with E-state index >= 15 is 0 Å². The first kappa shape index (κ1) is 7.98. The molecule has 1 saturated heterocycles. The van der Waals surface area contributed by atoms with E-state index in [1.165, 1.54) is 0 Å². The number of rotatable bonds is 4. The van der Waals surface area contributed by atoms with Gasteiger partial charge in [-0.25, -0.2) is 0 Å². The fraction of sp³-hybridized carbons (Fsp3) is 1.00. The summed E-state index contributed by atoms with van der Waals surface area (Å²) in [5, 5.41) is 0. The third-order valence-corrected chi connectivity index (χ3v) is 1.68. The SMILES string of the molecule is CCC(N)COC1COC1. The first-order valence-corrected chi connectivity index (χ1v) is 3.78. The molecule has 60 valence electrons. The summed E-state index contributed by atoms with van der Waals surface area (Å²) in [6, 6.07) is 0.195. The number of hydrogen-bond acceptors (Lipinski definition) is 3. The molecule has 0 aromatic carbocycles. The molecule has 0 aliphatic carbocycles. The summed E-state index contributed by atoms with van der Waals surface area (Å²) in [7, 11) is 0. The fourth-order valence-electron chi connectivity index (χ4n) is 0.688. The molecule has 0 aromatic rings. The fourth-order valence-corrected chi connectivity index (χ4v) is 0.688. The minimum atomic E-state index is 0.195. The Kier molecular flexibility index (Phi) is 3.12. The Morgan fingerprint density at radius 3 is 2.80 bits per heavy atom. The second-order valence-electron chi connectivity index (χ2n) is 2.66. The highest BCUT2D eigenvalue weighted by molar-refractivity contribution is 4.66. The molecule has 0 aromatic heterocycles. The Hall–Kier alpha value is -0.120. The van der Waals surface area contributed by atoms with E-state index in [9.17, 15) is 0 Å². The van der Waals surface area contributed by atoms with E-state index in [-0.39, 0.29) is 6.04 Å². The van der Waals surface area contributed by atoms with Crippen molar-refractivity contribution in [3.63, 3.8) is 0 Å². The van der Waals surface area contributed by atoms with Crippen molar-refractivity contribution in [3.8, 4) is 0 Å². The minimum Gasteiger partial charge on any atom is -0.376 e. The van der Waals surface area contributed by atoms with Gasteiger partial charge in [-0.05, 0) is 6.42 Å². The first-order valence-electron chi connectivity index (χ1n) is 3.78. The van der Waals surface area contributed by atoms with E-state index in [0.29, 0.717) is 12.7 Å². The maximum absolute atomic E-state index is 5.63. The van der Waals surface area contributed by atoms with Crippen LogP contribution in [0.25, 0.3) is 0 Å². The molecule has 0 spiro atoms. The lowest BCUT2D eigenvalue weighted by molar-refractivity contribution is -0.131. The van der Waals surface area contributed by atoms with Gasteiger partial charge in [0.2, 0.25) is 0 Å². The number of ether oxygens (including phenoxy) is 2. The molecule has 3 nitrogen and oxygen atoms in total. The predicted molar refractivity (Wildman–Crippen MR) is 38.8 cm³/mol. The molecule has 1 heterocycles. The van der Waals surface area contributed by atoms with Gasteiger partial charge in [0.15, 0.2) is 0 Å². The maximum Gasteiger partial charge on any atom is 0.104 e. The van der Waals surface area contributed by atoms with Crippen molar-refractivity contribution in [2.24, 2.45) is 5.73 Å². The van der Waals surface area contributed by atoms with E-state index in [1.807, 2.05) is 0 Å². The van der Waals surface area contributed by atoms with Crippen LogP contribution in [0.15, 0.2) is 0 Å². The third kappa shape index (κ3) is 2.25. The van der Waals surface area contributed by atoms with Crippen molar-refractivity contribution in [3.05, 3.63) is 0 Å². The van der Waals surface area contributed by atoms with Crippen molar-refractivity contribution >= 4 is 0 Å².